The van der Waals surface area contributed by atoms with Crippen LogP contribution in [0.4, 0.5) is 5.69 Å². The number of anilines is 1. The van der Waals surface area contributed by atoms with Crippen LogP contribution in [0.5, 0.6) is 11.5 Å². The summed E-state index contributed by atoms with van der Waals surface area (Å²) in [6, 6.07) is 10.8. The van der Waals surface area contributed by atoms with E-state index in [4.69, 9.17) is 14.0 Å². The zero-order valence-corrected chi connectivity index (χ0v) is 16.0. The number of fused-ring (bicyclic) bond motifs is 1. The maximum Gasteiger partial charge on any atom is 0.257 e. The first-order valence-corrected chi connectivity index (χ1v) is 9.22. The maximum atomic E-state index is 12.7. The Morgan fingerprint density at radius 2 is 2.07 bits per heavy atom. The van der Waals surface area contributed by atoms with Crippen molar-refractivity contribution in [1.82, 2.24) is 10.1 Å². The van der Waals surface area contributed by atoms with Crippen LogP contribution in [-0.2, 0) is 6.42 Å². The molecular formula is C21H21N3O4. The van der Waals surface area contributed by atoms with E-state index in [0.29, 0.717) is 35.3 Å². The second-order valence-electron chi connectivity index (χ2n) is 6.70. The molecule has 1 aliphatic heterocycles. The highest BCUT2D eigenvalue weighted by Gasteiger charge is 2.23. The molecule has 2 heterocycles. The van der Waals surface area contributed by atoms with Gasteiger partial charge in [0.05, 0.1) is 12.3 Å². The molecule has 0 radical (unpaired) electrons. The van der Waals surface area contributed by atoms with Crippen LogP contribution in [0.25, 0.3) is 11.5 Å². The summed E-state index contributed by atoms with van der Waals surface area (Å²) in [5.41, 5.74) is 2.95. The molecule has 2 aromatic carbocycles. The zero-order chi connectivity index (χ0) is 19.7. The summed E-state index contributed by atoms with van der Waals surface area (Å²) in [5.74, 6) is 2.18. The normalized spacial score (nSPS) is 15.0. The van der Waals surface area contributed by atoms with Crippen molar-refractivity contribution in [3.8, 4) is 23.0 Å². The fourth-order valence-corrected chi connectivity index (χ4v) is 3.18. The van der Waals surface area contributed by atoms with E-state index in [2.05, 4.69) is 15.5 Å². The first-order valence-electron chi connectivity index (χ1n) is 9.22. The summed E-state index contributed by atoms with van der Waals surface area (Å²) >= 11 is 0. The van der Waals surface area contributed by atoms with Crippen LogP contribution in [0, 0.1) is 6.92 Å². The number of benzene rings is 2. The number of hydrogen-bond donors (Lipinski definition) is 1. The predicted octanol–water partition coefficient (Wildman–Crippen LogP) is 4.02. The van der Waals surface area contributed by atoms with Crippen LogP contribution in [0.1, 0.15) is 35.6 Å². The Bertz CT molecular complexity index is 1010. The Hall–Kier alpha value is -3.35. The van der Waals surface area contributed by atoms with E-state index >= 15 is 0 Å². The summed E-state index contributed by atoms with van der Waals surface area (Å²) in [6.45, 7) is 6.20. The van der Waals surface area contributed by atoms with Crippen LogP contribution in [0.2, 0.25) is 0 Å². The Kier molecular flexibility index (Phi) is 4.73. The number of nitrogens with zero attached hydrogens (tertiary/aromatic N) is 2. The number of carbonyl (C=O) groups is 1. The van der Waals surface area contributed by atoms with E-state index in [1.54, 1.807) is 31.2 Å². The molecule has 3 aromatic rings. The maximum absolute atomic E-state index is 12.7. The average Bonchev–Trinajstić information content (AvgIpc) is 3.26. The number of aromatic nitrogens is 2. The Labute approximate surface area is 162 Å². The van der Waals surface area contributed by atoms with E-state index < -0.39 is 0 Å². The van der Waals surface area contributed by atoms with E-state index in [1.807, 2.05) is 26.0 Å². The molecule has 1 unspecified atom stereocenters. The largest absolute Gasteiger partial charge is 0.492 e. The van der Waals surface area contributed by atoms with Gasteiger partial charge in [-0.25, -0.2) is 0 Å². The standard InChI is InChI=1S/C21H21N3O4/c1-4-26-19-10-16-9-12(2)27-18(16)11-17(19)23-20(25)14-5-7-15(8-6-14)21-22-13(3)24-28-21/h5-8,10-12H,4,9H2,1-3H3,(H,23,25). The lowest BCUT2D eigenvalue weighted by atomic mass is 10.1. The number of ether oxygens (including phenoxy) is 2. The smallest absolute Gasteiger partial charge is 0.257 e. The number of carbonyl (C=O) groups excluding carboxylic acids is 1. The van der Waals surface area contributed by atoms with Gasteiger partial charge in [0, 0.05) is 29.2 Å². The summed E-state index contributed by atoms with van der Waals surface area (Å²) < 4.78 is 16.7. The number of rotatable bonds is 5. The van der Waals surface area contributed by atoms with E-state index in [1.165, 1.54) is 0 Å². The number of aryl methyl sites for hydroxylation is 1. The van der Waals surface area contributed by atoms with Crippen LogP contribution in [-0.4, -0.2) is 28.8 Å². The van der Waals surface area contributed by atoms with Crippen molar-refractivity contribution in [2.75, 3.05) is 11.9 Å². The van der Waals surface area contributed by atoms with Crippen LogP contribution < -0.4 is 14.8 Å². The van der Waals surface area contributed by atoms with Crippen molar-refractivity contribution >= 4 is 11.6 Å². The number of nitrogens with one attached hydrogen (secondary N) is 1. The van der Waals surface area contributed by atoms with Gasteiger partial charge in [0.2, 0.25) is 0 Å². The van der Waals surface area contributed by atoms with Gasteiger partial charge in [-0.2, -0.15) is 4.98 Å². The molecule has 0 aliphatic carbocycles. The Balaban J connectivity index is 1.55. The van der Waals surface area contributed by atoms with Crippen LogP contribution in [0.3, 0.4) is 0 Å². The van der Waals surface area contributed by atoms with Gasteiger partial charge < -0.3 is 19.3 Å². The predicted molar refractivity (Wildman–Crippen MR) is 104 cm³/mol. The van der Waals surface area contributed by atoms with Gasteiger partial charge in [0.25, 0.3) is 11.8 Å². The van der Waals surface area contributed by atoms with Gasteiger partial charge in [-0.05, 0) is 51.1 Å². The molecule has 144 valence electrons. The van der Waals surface area contributed by atoms with Gasteiger partial charge in [0.15, 0.2) is 5.82 Å². The molecular weight excluding hydrogens is 358 g/mol. The third kappa shape index (κ3) is 3.55. The molecule has 1 N–H and O–H groups in total. The van der Waals surface area contributed by atoms with Gasteiger partial charge >= 0.3 is 0 Å². The third-order valence-corrected chi connectivity index (χ3v) is 4.47. The molecule has 1 atom stereocenters. The molecule has 28 heavy (non-hydrogen) atoms. The number of amides is 1. The van der Waals surface area contributed by atoms with Gasteiger partial charge in [0.1, 0.15) is 17.6 Å². The lowest BCUT2D eigenvalue weighted by Crippen LogP contribution is -2.13. The lowest BCUT2D eigenvalue weighted by Gasteiger charge is -2.13. The molecule has 0 spiro atoms. The van der Waals surface area contributed by atoms with Crippen molar-refractivity contribution in [3.05, 3.63) is 53.3 Å². The lowest BCUT2D eigenvalue weighted by molar-refractivity contribution is 0.102. The zero-order valence-electron chi connectivity index (χ0n) is 16.0. The van der Waals surface area contributed by atoms with Crippen LogP contribution in [0.15, 0.2) is 40.9 Å². The molecule has 7 heteroatoms. The van der Waals surface area contributed by atoms with Crippen molar-refractivity contribution in [3.63, 3.8) is 0 Å². The molecule has 1 aromatic heterocycles. The molecule has 1 amide bonds. The first kappa shape index (κ1) is 18.0. The molecule has 0 fully saturated rings. The highest BCUT2D eigenvalue weighted by Crippen LogP contribution is 2.38. The molecule has 0 saturated heterocycles. The summed E-state index contributed by atoms with van der Waals surface area (Å²) in [5, 5.41) is 6.70. The van der Waals surface area contributed by atoms with Crippen molar-refractivity contribution in [2.24, 2.45) is 0 Å². The van der Waals surface area contributed by atoms with Crippen molar-refractivity contribution in [2.45, 2.75) is 33.3 Å². The topological polar surface area (TPSA) is 86.5 Å². The van der Waals surface area contributed by atoms with Crippen LogP contribution >= 0.6 is 0 Å². The van der Waals surface area contributed by atoms with Gasteiger partial charge in [-0.1, -0.05) is 5.16 Å². The summed E-state index contributed by atoms with van der Waals surface area (Å²) in [4.78, 5) is 16.9. The van der Waals surface area contributed by atoms with Gasteiger partial charge in [-0.15, -0.1) is 0 Å². The van der Waals surface area contributed by atoms with Crippen molar-refractivity contribution < 1.29 is 18.8 Å². The number of hydrogen-bond acceptors (Lipinski definition) is 6. The molecule has 0 saturated carbocycles. The summed E-state index contributed by atoms with van der Waals surface area (Å²) in [6.07, 6.45) is 0.955. The quantitative estimate of drug-likeness (QED) is 0.720. The molecule has 7 nitrogen and oxygen atoms in total. The minimum Gasteiger partial charge on any atom is -0.492 e. The third-order valence-electron chi connectivity index (χ3n) is 4.47. The minimum atomic E-state index is -0.236. The highest BCUT2D eigenvalue weighted by atomic mass is 16.5. The highest BCUT2D eigenvalue weighted by molar-refractivity contribution is 6.05. The van der Waals surface area contributed by atoms with E-state index in [9.17, 15) is 4.79 Å². The van der Waals surface area contributed by atoms with Crippen molar-refractivity contribution in [1.29, 1.82) is 0 Å². The van der Waals surface area contributed by atoms with E-state index in [-0.39, 0.29) is 12.0 Å². The Morgan fingerprint density at radius 1 is 1.29 bits per heavy atom. The molecule has 1 aliphatic rings. The first-order chi connectivity index (χ1) is 13.5. The second-order valence-corrected chi connectivity index (χ2v) is 6.70. The molecule has 4 rings (SSSR count). The average molecular weight is 379 g/mol. The van der Waals surface area contributed by atoms with E-state index in [0.717, 1.165) is 23.3 Å². The minimum absolute atomic E-state index is 0.122. The Morgan fingerprint density at radius 3 is 2.75 bits per heavy atom. The fourth-order valence-electron chi connectivity index (χ4n) is 3.18. The second kappa shape index (κ2) is 7.34. The fraction of sp³-hybridized carbons (Fsp3) is 0.286. The molecule has 0 bridgehead atoms. The summed E-state index contributed by atoms with van der Waals surface area (Å²) in [7, 11) is 0. The SMILES string of the molecule is CCOc1cc2c(cc1NC(=O)c1ccc(-c3nc(C)no3)cc1)OC(C)C2. The monoisotopic (exact) mass is 379 g/mol. The van der Waals surface area contributed by atoms with Gasteiger partial charge in [-0.3, -0.25) is 4.79 Å².